The van der Waals surface area contributed by atoms with Gasteiger partial charge in [0.15, 0.2) is 11.4 Å². The molecule has 6 nitrogen and oxygen atoms in total. The third kappa shape index (κ3) is 2.59. The van der Waals surface area contributed by atoms with Crippen LogP contribution in [-0.4, -0.2) is 15.5 Å². The van der Waals surface area contributed by atoms with Crippen LogP contribution in [0.5, 0.6) is 5.75 Å². The number of nitrogens with two attached hydrogens (primary N) is 1. The maximum absolute atomic E-state index is 11.3. The van der Waals surface area contributed by atoms with Crippen molar-refractivity contribution in [3.05, 3.63) is 59.0 Å². The lowest BCUT2D eigenvalue weighted by atomic mass is 9.93. The van der Waals surface area contributed by atoms with Gasteiger partial charge >= 0.3 is 6.09 Å². The molecule has 1 aromatic carbocycles. The molecule has 1 amide bonds. The van der Waals surface area contributed by atoms with Gasteiger partial charge in [-0.15, -0.1) is 0 Å². The van der Waals surface area contributed by atoms with E-state index in [-0.39, 0.29) is 6.04 Å². The largest absolute Gasteiger partial charge is 0.410 e. The van der Waals surface area contributed by atoms with Crippen LogP contribution in [0.3, 0.4) is 0 Å². The predicted octanol–water partition coefficient (Wildman–Crippen LogP) is 3.51. The van der Waals surface area contributed by atoms with Crippen molar-refractivity contribution in [1.29, 1.82) is 0 Å². The zero-order chi connectivity index (χ0) is 17.6. The zero-order valence-corrected chi connectivity index (χ0v) is 14.2. The molecule has 1 unspecified atom stereocenters. The van der Waals surface area contributed by atoms with Crippen molar-refractivity contribution < 1.29 is 9.53 Å². The first-order chi connectivity index (χ1) is 12.0. The fourth-order valence-electron chi connectivity index (χ4n) is 3.48. The SMILES string of the molecule is Cc1nc2c3c(c(OC(N)=O)cn2c1C)CCC(c1ccccc1)N3. The Kier molecular flexibility index (Phi) is 3.60. The number of imidazole rings is 1. The molecule has 0 radical (unpaired) electrons. The van der Waals surface area contributed by atoms with Crippen molar-refractivity contribution in [3.8, 4) is 5.75 Å². The number of hydrogen-bond acceptors (Lipinski definition) is 4. The number of primary amides is 1. The van der Waals surface area contributed by atoms with Crippen LogP contribution in [0.2, 0.25) is 0 Å². The van der Waals surface area contributed by atoms with E-state index in [4.69, 9.17) is 15.5 Å². The lowest BCUT2D eigenvalue weighted by Crippen LogP contribution is -2.22. The molecule has 128 valence electrons. The Labute approximate surface area is 145 Å². The Morgan fingerprint density at radius 1 is 1.32 bits per heavy atom. The van der Waals surface area contributed by atoms with Crippen molar-refractivity contribution in [2.75, 3.05) is 5.32 Å². The number of hydrogen-bond donors (Lipinski definition) is 2. The van der Waals surface area contributed by atoms with Gasteiger partial charge in [0.1, 0.15) is 0 Å². The van der Waals surface area contributed by atoms with Crippen molar-refractivity contribution in [3.63, 3.8) is 0 Å². The monoisotopic (exact) mass is 336 g/mol. The highest BCUT2D eigenvalue weighted by Gasteiger charge is 2.27. The minimum Gasteiger partial charge on any atom is -0.409 e. The van der Waals surface area contributed by atoms with Crippen LogP contribution >= 0.6 is 0 Å². The highest BCUT2D eigenvalue weighted by molar-refractivity contribution is 5.79. The van der Waals surface area contributed by atoms with Crippen molar-refractivity contribution in [2.45, 2.75) is 32.7 Å². The number of fused-ring (bicyclic) bond motifs is 3. The Bertz CT molecular complexity index is 963. The molecule has 0 aliphatic carbocycles. The number of aromatic nitrogens is 2. The molecule has 0 saturated carbocycles. The summed E-state index contributed by atoms with van der Waals surface area (Å²) in [5, 5.41) is 3.60. The molecular weight excluding hydrogens is 316 g/mol. The molecule has 3 heterocycles. The molecule has 1 aliphatic rings. The van der Waals surface area contributed by atoms with E-state index < -0.39 is 6.09 Å². The first-order valence-corrected chi connectivity index (χ1v) is 8.34. The number of aryl methyl sites for hydroxylation is 2. The summed E-state index contributed by atoms with van der Waals surface area (Å²) in [5.74, 6) is 0.495. The number of ether oxygens (including phenoxy) is 1. The van der Waals surface area contributed by atoms with E-state index in [2.05, 4.69) is 17.4 Å². The third-order valence-corrected chi connectivity index (χ3v) is 4.87. The smallest absolute Gasteiger partial charge is 0.409 e. The molecule has 3 N–H and O–H groups in total. The molecule has 6 heteroatoms. The summed E-state index contributed by atoms with van der Waals surface area (Å²) < 4.78 is 7.23. The van der Waals surface area contributed by atoms with E-state index in [1.807, 2.05) is 36.4 Å². The minimum atomic E-state index is -0.804. The number of pyridine rings is 1. The second-order valence-electron chi connectivity index (χ2n) is 6.39. The summed E-state index contributed by atoms with van der Waals surface area (Å²) in [7, 11) is 0. The van der Waals surface area contributed by atoms with Gasteiger partial charge in [-0.2, -0.15) is 0 Å². The average molecular weight is 336 g/mol. The summed E-state index contributed by atoms with van der Waals surface area (Å²) >= 11 is 0. The predicted molar refractivity (Wildman–Crippen MR) is 96.0 cm³/mol. The molecule has 1 aliphatic heterocycles. The summed E-state index contributed by atoms with van der Waals surface area (Å²) in [6.07, 6.45) is 2.69. The lowest BCUT2D eigenvalue weighted by Gasteiger charge is -2.29. The molecule has 1 atom stereocenters. The topological polar surface area (TPSA) is 81.7 Å². The third-order valence-electron chi connectivity index (χ3n) is 4.87. The highest BCUT2D eigenvalue weighted by atomic mass is 16.5. The number of carbonyl (C=O) groups excluding carboxylic acids is 1. The summed E-state index contributed by atoms with van der Waals surface area (Å²) in [6, 6.07) is 10.5. The quantitative estimate of drug-likeness (QED) is 0.750. The second-order valence-corrected chi connectivity index (χ2v) is 6.39. The fraction of sp³-hybridized carbons (Fsp3) is 0.263. The van der Waals surface area contributed by atoms with Gasteiger partial charge in [-0.05, 0) is 32.3 Å². The van der Waals surface area contributed by atoms with Crippen LogP contribution in [-0.2, 0) is 6.42 Å². The number of anilines is 1. The average Bonchev–Trinajstić information content (AvgIpc) is 2.90. The number of carbonyl (C=O) groups is 1. The number of nitrogens with one attached hydrogen (secondary N) is 1. The molecule has 3 aromatic rings. The number of amides is 1. The second kappa shape index (κ2) is 5.81. The van der Waals surface area contributed by atoms with Gasteiger partial charge in [-0.3, -0.25) is 4.40 Å². The number of rotatable bonds is 2. The maximum Gasteiger partial charge on any atom is 0.410 e. The van der Waals surface area contributed by atoms with Crippen LogP contribution in [0.15, 0.2) is 36.5 Å². The fourth-order valence-corrected chi connectivity index (χ4v) is 3.48. The Hall–Kier alpha value is -3.02. The van der Waals surface area contributed by atoms with Crippen LogP contribution in [0.1, 0.15) is 35.0 Å². The highest BCUT2D eigenvalue weighted by Crippen LogP contribution is 2.40. The van der Waals surface area contributed by atoms with Crippen LogP contribution in [0.25, 0.3) is 5.65 Å². The Balaban J connectivity index is 1.87. The van der Waals surface area contributed by atoms with E-state index in [9.17, 15) is 4.79 Å². The van der Waals surface area contributed by atoms with Crippen molar-refractivity contribution in [1.82, 2.24) is 9.38 Å². The summed E-state index contributed by atoms with van der Waals surface area (Å²) in [6.45, 7) is 3.97. The zero-order valence-electron chi connectivity index (χ0n) is 14.2. The van der Waals surface area contributed by atoms with Gasteiger partial charge in [-0.25, -0.2) is 9.78 Å². The molecule has 0 spiro atoms. The van der Waals surface area contributed by atoms with Gasteiger partial charge in [0, 0.05) is 11.3 Å². The van der Waals surface area contributed by atoms with Crippen molar-refractivity contribution in [2.24, 2.45) is 5.73 Å². The Morgan fingerprint density at radius 2 is 2.08 bits per heavy atom. The van der Waals surface area contributed by atoms with Gasteiger partial charge in [0.25, 0.3) is 0 Å². The molecule has 4 rings (SSSR count). The van der Waals surface area contributed by atoms with E-state index in [0.29, 0.717) is 5.75 Å². The molecule has 0 bridgehead atoms. The first kappa shape index (κ1) is 15.5. The molecule has 2 aromatic heterocycles. The summed E-state index contributed by atoms with van der Waals surface area (Å²) in [5.41, 5.74) is 11.2. The van der Waals surface area contributed by atoms with E-state index in [1.54, 1.807) is 6.20 Å². The molecule has 0 fully saturated rings. The lowest BCUT2D eigenvalue weighted by molar-refractivity contribution is 0.210. The number of nitrogens with zero attached hydrogens (tertiary/aromatic N) is 2. The van der Waals surface area contributed by atoms with Crippen LogP contribution in [0.4, 0.5) is 10.5 Å². The van der Waals surface area contributed by atoms with Gasteiger partial charge in [0.2, 0.25) is 0 Å². The van der Waals surface area contributed by atoms with Crippen molar-refractivity contribution >= 4 is 17.4 Å². The standard InChI is InChI=1S/C19H20N4O2/c1-11-12(2)23-10-16(25-19(20)24)14-8-9-15(13-6-4-3-5-7-13)22-17(14)18(23)21-11/h3-7,10,15,22H,8-9H2,1-2H3,(H2,20,24). The van der Waals surface area contributed by atoms with Gasteiger partial charge < -0.3 is 15.8 Å². The van der Waals surface area contributed by atoms with E-state index in [0.717, 1.165) is 41.1 Å². The van der Waals surface area contributed by atoms with Gasteiger partial charge in [-0.1, -0.05) is 30.3 Å². The maximum atomic E-state index is 11.3. The van der Waals surface area contributed by atoms with Crippen LogP contribution < -0.4 is 15.8 Å². The molecule has 25 heavy (non-hydrogen) atoms. The van der Waals surface area contributed by atoms with E-state index >= 15 is 0 Å². The Morgan fingerprint density at radius 3 is 2.80 bits per heavy atom. The van der Waals surface area contributed by atoms with Gasteiger partial charge in [0.05, 0.1) is 23.6 Å². The van der Waals surface area contributed by atoms with Crippen LogP contribution in [0, 0.1) is 13.8 Å². The van der Waals surface area contributed by atoms with E-state index in [1.165, 1.54) is 5.56 Å². The minimum absolute atomic E-state index is 0.193. The molecule has 0 saturated heterocycles. The summed E-state index contributed by atoms with van der Waals surface area (Å²) in [4.78, 5) is 16.0. The normalized spacial score (nSPS) is 16.3. The first-order valence-electron chi connectivity index (χ1n) is 8.34. The molecular formula is C19H20N4O2. The number of benzene rings is 1.